The van der Waals surface area contributed by atoms with Crippen molar-refractivity contribution in [2.75, 3.05) is 48.0 Å². The van der Waals surface area contributed by atoms with Gasteiger partial charge in [-0.3, -0.25) is 0 Å². The normalized spacial score (nSPS) is 15.8. The average molecular weight is 465 g/mol. The third-order valence-corrected chi connectivity index (χ3v) is 6.18. The molecule has 2 aliphatic heterocycles. The van der Waals surface area contributed by atoms with Crippen LogP contribution in [0.3, 0.4) is 0 Å². The number of nitrogens with zero attached hydrogens (tertiary/aromatic N) is 4. The van der Waals surface area contributed by atoms with E-state index in [0.717, 1.165) is 55.8 Å². The number of furan rings is 1. The number of anilines is 3. The molecule has 0 bridgehead atoms. The molecule has 2 aliphatic rings. The van der Waals surface area contributed by atoms with Crippen LogP contribution in [0.1, 0.15) is 22.6 Å². The molecule has 0 radical (unpaired) electrons. The molecule has 5 rings (SSSR count). The number of morpholine rings is 1. The van der Waals surface area contributed by atoms with Crippen molar-refractivity contribution in [3.8, 4) is 0 Å². The second-order valence-electron chi connectivity index (χ2n) is 8.27. The Morgan fingerprint density at radius 1 is 1.00 bits per heavy atom. The van der Waals surface area contributed by atoms with Crippen LogP contribution in [0.15, 0.2) is 46.9 Å². The van der Waals surface area contributed by atoms with Crippen molar-refractivity contribution < 1.29 is 9.15 Å². The van der Waals surface area contributed by atoms with Gasteiger partial charge in [-0.2, -0.15) is 9.97 Å². The molecule has 0 amide bonds. The highest BCUT2D eigenvalue weighted by molar-refractivity contribution is 7.80. The quantitative estimate of drug-likeness (QED) is 0.553. The van der Waals surface area contributed by atoms with Crippen LogP contribution in [0, 0.1) is 6.92 Å². The first-order valence-corrected chi connectivity index (χ1v) is 11.7. The van der Waals surface area contributed by atoms with Gasteiger partial charge in [-0.1, -0.05) is 24.3 Å². The lowest BCUT2D eigenvalue weighted by molar-refractivity contribution is 0.122. The molecule has 0 aliphatic carbocycles. The average Bonchev–Trinajstić information content (AvgIpc) is 3.28. The molecule has 0 atom stereocenters. The van der Waals surface area contributed by atoms with E-state index in [9.17, 15) is 0 Å². The maximum Gasteiger partial charge on any atom is 0.232 e. The molecule has 1 fully saturated rings. The second-order valence-corrected chi connectivity index (χ2v) is 8.68. The summed E-state index contributed by atoms with van der Waals surface area (Å²) in [5, 5.41) is 6.80. The molecular formula is C24H28N6O2S. The van der Waals surface area contributed by atoms with Crippen LogP contribution >= 0.6 is 12.2 Å². The first kappa shape index (κ1) is 21.7. The van der Waals surface area contributed by atoms with Crippen molar-refractivity contribution in [1.82, 2.24) is 15.3 Å². The zero-order valence-electron chi connectivity index (χ0n) is 18.7. The van der Waals surface area contributed by atoms with Gasteiger partial charge in [0, 0.05) is 32.2 Å². The van der Waals surface area contributed by atoms with Gasteiger partial charge in [-0.25, -0.2) is 0 Å². The molecular weight excluding hydrogens is 436 g/mol. The smallest absolute Gasteiger partial charge is 0.232 e. The Morgan fingerprint density at radius 2 is 1.76 bits per heavy atom. The van der Waals surface area contributed by atoms with Crippen LogP contribution < -0.4 is 20.4 Å². The van der Waals surface area contributed by atoms with E-state index in [0.29, 0.717) is 30.8 Å². The number of aryl methyl sites for hydroxylation is 1. The van der Waals surface area contributed by atoms with E-state index in [1.54, 1.807) is 0 Å². The summed E-state index contributed by atoms with van der Waals surface area (Å²) in [6, 6.07) is 14.6. The van der Waals surface area contributed by atoms with Crippen molar-refractivity contribution >= 4 is 34.9 Å². The summed E-state index contributed by atoms with van der Waals surface area (Å²) in [6.45, 7) is 7.17. The molecule has 172 valence electrons. The fourth-order valence-corrected chi connectivity index (χ4v) is 4.34. The summed E-state index contributed by atoms with van der Waals surface area (Å²) < 4.78 is 11.1. The van der Waals surface area contributed by atoms with Gasteiger partial charge >= 0.3 is 0 Å². The number of hydrogen-bond donors (Lipinski definition) is 2. The Kier molecular flexibility index (Phi) is 6.41. The third kappa shape index (κ3) is 5.26. The van der Waals surface area contributed by atoms with Crippen LogP contribution in [0.5, 0.6) is 0 Å². The number of nitrogens with one attached hydrogen (secondary N) is 2. The van der Waals surface area contributed by atoms with Gasteiger partial charge in [0.25, 0.3) is 0 Å². The van der Waals surface area contributed by atoms with Crippen molar-refractivity contribution in [1.29, 1.82) is 0 Å². The monoisotopic (exact) mass is 464 g/mol. The fraction of sp³-hybridized carbons (Fsp3) is 0.375. The van der Waals surface area contributed by atoms with Crippen LogP contribution in [0.25, 0.3) is 0 Å². The minimum absolute atomic E-state index is 0.457. The van der Waals surface area contributed by atoms with Gasteiger partial charge in [-0.05, 0) is 48.8 Å². The van der Waals surface area contributed by atoms with Crippen LogP contribution in [-0.4, -0.2) is 47.9 Å². The summed E-state index contributed by atoms with van der Waals surface area (Å²) in [5.41, 5.74) is 2.75. The van der Waals surface area contributed by atoms with E-state index in [4.69, 9.17) is 31.3 Å². The Bertz CT molecular complexity index is 1130. The first-order chi connectivity index (χ1) is 16.1. The Morgan fingerprint density at radius 3 is 2.52 bits per heavy atom. The number of fused-ring (bicyclic) bond motifs is 1. The highest BCUT2D eigenvalue weighted by Gasteiger charge is 2.21. The molecule has 4 heterocycles. The van der Waals surface area contributed by atoms with E-state index in [2.05, 4.69) is 50.8 Å². The molecule has 0 saturated carbocycles. The van der Waals surface area contributed by atoms with E-state index in [1.165, 1.54) is 11.1 Å². The predicted octanol–water partition coefficient (Wildman–Crippen LogP) is 3.26. The van der Waals surface area contributed by atoms with Gasteiger partial charge in [0.2, 0.25) is 5.95 Å². The van der Waals surface area contributed by atoms with Crippen LogP contribution in [-0.2, 0) is 24.2 Å². The molecule has 8 nitrogen and oxygen atoms in total. The van der Waals surface area contributed by atoms with Gasteiger partial charge in [0.15, 0.2) is 5.11 Å². The molecule has 0 unspecified atom stereocenters. The van der Waals surface area contributed by atoms with E-state index in [1.807, 2.05) is 19.1 Å². The zero-order chi connectivity index (χ0) is 22.6. The van der Waals surface area contributed by atoms with Gasteiger partial charge in [0.1, 0.15) is 23.2 Å². The third-order valence-electron chi connectivity index (χ3n) is 5.93. The minimum atomic E-state index is 0.457. The van der Waals surface area contributed by atoms with Gasteiger partial charge in [-0.15, -0.1) is 0 Å². The predicted molar refractivity (Wildman–Crippen MR) is 133 cm³/mol. The minimum Gasteiger partial charge on any atom is -0.465 e. The maximum absolute atomic E-state index is 5.60. The topological polar surface area (TPSA) is 78.7 Å². The summed E-state index contributed by atoms with van der Waals surface area (Å²) >= 11 is 5.50. The first-order valence-electron chi connectivity index (χ1n) is 11.3. The highest BCUT2D eigenvalue weighted by Crippen LogP contribution is 2.27. The molecule has 9 heteroatoms. The number of thiocarbonyl (C=S) groups is 1. The number of ether oxygens (including phenoxy) is 1. The lowest BCUT2D eigenvalue weighted by atomic mass is 10.00. The molecule has 2 aromatic heterocycles. The molecule has 1 aromatic carbocycles. The van der Waals surface area contributed by atoms with Crippen LogP contribution in [0.2, 0.25) is 0 Å². The number of hydrogen-bond acceptors (Lipinski definition) is 7. The summed E-state index contributed by atoms with van der Waals surface area (Å²) in [6.07, 6.45) is 0.998. The lowest BCUT2D eigenvalue weighted by Gasteiger charge is -2.32. The number of benzene rings is 1. The maximum atomic E-state index is 5.60. The largest absolute Gasteiger partial charge is 0.465 e. The summed E-state index contributed by atoms with van der Waals surface area (Å²) in [4.78, 5) is 14.1. The molecule has 0 spiro atoms. The number of rotatable bonds is 5. The molecule has 3 aromatic rings. The van der Waals surface area contributed by atoms with Crippen molar-refractivity contribution in [2.45, 2.75) is 26.4 Å². The SMILES string of the molecule is Cc1ccc(CNC(=S)Nc2nc(N3CCOCC3)cc(N3CCc4ccccc4C3)n2)o1. The zero-order valence-corrected chi connectivity index (χ0v) is 19.5. The van der Waals surface area contributed by atoms with E-state index >= 15 is 0 Å². The molecule has 1 saturated heterocycles. The Labute approximate surface area is 199 Å². The van der Waals surface area contributed by atoms with Crippen molar-refractivity contribution in [2.24, 2.45) is 0 Å². The molecule has 33 heavy (non-hydrogen) atoms. The Balaban J connectivity index is 1.35. The second kappa shape index (κ2) is 9.76. The van der Waals surface area contributed by atoms with E-state index in [-0.39, 0.29) is 0 Å². The van der Waals surface area contributed by atoms with E-state index < -0.39 is 0 Å². The summed E-state index contributed by atoms with van der Waals surface area (Å²) in [7, 11) is 0. The van der Waals surface area contributed by atoms with Gasteiger partial charge < -0.3 is 29.6 Å². The van der Waals surface area contributed by atoms with Crippen LogP contribution in [0.4, 0.5) is 17.6 Å². The summed E-state index contributed by atoms with van der Waals surface area (Å²) in [5.74, 6) is 3.97. The van der Waals surface area contributed by atoms with Gasteiger partial charge in [0.05, 0.1) is 19.8 Å². The standard InChI is InChI=1S/C24H28N6O2S/c1-17-6-7-20(32-17)15-25-24(33)28-23-26-21(29-10-12-31-13-11-29)14-22(27-23)30-9-8-18-4-2-3-5-19(18)16-30/h2-7,14H,8-13,15-16H2,1H3,(H2,25,26,27,28,33). The van der Waals surface area contributed by atoms with Crippen molar-refractivity contribution in [3.63, 3.8) is 0 Å². The van der Waals surface area contributed by atoms with Crippen molar-refractivity contribution in [3.05, 3.63) is 65.1 Å². The highest BCUT2D eigenvalue weighted by atomic mass is 32.1. The Hall–Kier alpha value is -3.17. The molecule has 2 N–H and O–H groups in total. The number of aromatic nitrogens is 2. The fourth-order valence-electron chi connectivity index (χ4n) is 4.18. The lowest BCUT2D eigenvalue weighted by Crippen LogP contribution is -2.38.